The smallest absolute Gasteiger partial charge is 0.335 e. The van der Waals surface area contributed by atoms with Gasteiger partial charge in [0.2, 0.25) is 0 Å². The van der Waals surface area contributed by atoms with Gasteiger partial charge >= 0.3 is 11.9 Å². The fourth-order valence-electron chi connectivity index (χ4n) is 3.84. The summed E-state index contributed by atoms with van der Waals surface area (Å²) in [5, 5.41) is 30.2. The maximum absolute atomic E-state index is 12.7. The van der Waals surface area contributed by atoms with Crippen molar-refractivity contribution in [2.75, 3.05) is 7.11 Å². The Balaban J connectivity index is 1.82. The molecule has 0 heterocycles. The van der Waals surface area contributed by atoms with Gasteiger partial charge in [-0.15, -0.1) is 0 Å². The van der Waals surface area contributed by atoms with E-state index in [-0.39, 0.29) is 34.2 Å². The lowest BCUT2D eigenvalue weighted by atomic mass is 9.95. The molecule has 36 heavy (non-hydrogen) atoms. The highest BCUT2D eigenvalue weighted by Gasteiger charge is 2.25. The number of aliphatic hydroxyl groups is 1. The van der Waals surface area contributed by atoms with Crippen LogP contribution < -0.4 is 10.1 Å². The molecule has 0 unspecified atom stereocenters. The molecule has 1 atom stereocenters. The largest absolute Gasteiger partial charge is 0.496 e. The van der Waals surface area contributed by atoms with Crippen LogP contribution in [0.25, 0.3) is 11.1 Å². The number of carboxylic acids is 2. The number of hydrogen-bond acceptors (Lipinski definition) is 5. The number of carbonyl (C=O) groups is 3. The van der Waals surface area contributed by atoms with Crippen molar-refractivity contribution in [3.8, 4) is 16.9 Å². The summed E-state index contributed by atoms with van der Waals surface area (Å²) < 4.78 is 5.48. The van der Waals surface area contributed by atoms with Gasteiger partial charge in [-0.1, -0.05) is 53.5 Å². The monoisotopic (exact) mass is 531 g/mol. The zero-order chi connectivity index (χ0) is 26.6. The number of ether oxygens (including phenoxy) is 1. The van der Waals surface area contributed by atoms with Crippen molar-refractivity contribution in [3.05, 3.63) is 86.4 Å². The molecule has 188 valence electrons. The van der Waals surface area contributed by atoms with Gasteiger partial charge in [0.05, 0.1) is 34.9 Å². The average Bonchev–Trinajstić information content (AvgIpc) is 2.83. The minimum atomic E-state index is -1.30. The van der Waals surface area contributed by atoms with E-state index in [0.717, 1.165) is 34.4 Å². The van der Waals surface area contributed by atoms with Crippen LogP contribution in [0.4, 0.5) is 0 Å². The van der Waals surface area contributed by atoms with E-state index in [1.165, 1.54) is 0 Å². The molecule has 3 rings (SSSR count). The number of nitrogens with one attached hydrogen (secondary N) is 1. The molecule has 0 aliphatic rings. The third-order valence-electron chi connectivity index (χ3n) is 5.56. The molecule has 0 aromatic heterocycles. The molecule has 8 nitrogen and oxygen atoms in total. The van der Waals surface area contributed by atoms with Crippen LogP contribution in [-0.2, 0) is 17.8 Å². The number of methoxy groups -OCH3 is 1. The summed E-state index contributed by atoms with van der Waals surface area (Å²) in [4.78, 5) is 35.8. The number of amides is 1. The molecule has 0 saturated carbocycles. The second-order valence-electron chi connectivity index (χ2n) is 8.03. The zero-order valence-electron chi connectivity index (χ0n) is 19.3. The molecule has 3 aromatic carbocycles. The number of hydrogen-bond donors (Lipinski definition) is 4. The maximum atomic E-state index is 12.7. The SMILES string of the molecule is COc1cc(CO)cc(C)c1-c1ccc(C[C@H](NC(=O)c2c(Cl)cc(C(=O)O)cc2Cl)C(=O)O)cc1. The number of aryl methyl sites for hydroxylation is 1. The Labute approximate surface area is 217 Å². The third kappa shape index (κ3) is 5.96. The van der Waals surface area contributed by atoms with E-state index >= 15 is 0 Å². The Morgan fingerprint density at radius 1 is 0.972 bits per heavy atom. The van der Waals surface area contributed by atoms with Gasteiger partial charge in [0.25, 0.3) is 5.91 Å². The number of benzene rings is 3. The first-order valence-corrected chi connectivity index (χ1v) is 11.4. The lowest BCUT2D eigenvalue weighted by Crippen LogP contribution is -2.42. The molecular weight excluding hydrogens is 509 g/mol. The molecule has 0 radical (unpaired) electrons. The first kappa shape index (κ1) is 27.0. The second-order valence-corrected chi connectivity index (χ2v) is 8.85. The Bertz CT molecular complexity index is 1300. The summed E-state index contributed by atoms with van der Waals surface area (Å²) in [5.41, 5.74) is 3.55. The standard InChI is InChI=1S/C26H23Cl2NO7/c1-13-7-15(12-30)9-21(36-2)22(13)16-5-3-14(4-6-16)8-20(26(34)35)29-24(31)23-18(27)10-17(25(32)33)11-19(23)28/h3-7,9-11,20,30H,8,12H2,1-2H3,(H,29,31)(H,32,33)(H,34,35)/t20-/m0/s1. The number of carbonyl (C=O) groups excluding carboxylic acids is 1. The highest BCUT2D eigenvalue weighted by atomic mass is 35.5. The van der Waals surface area contributed by atoms with Gasteiger partial charge in [-0.3, -0.25) is 4.79 Å². The molecule has 3 aromatic rings. The number of aliphatic carboxylic acids is 1. The van der Waals surface area contributed by atoms with Gasteiger partial charge in [-0.25, -0.2) is 9.59 Å². The number of aliphatic hydroxyl groups excluding tert-OH is 1. The summed E-state index contributed by atoms with van der Waals surface area (Å²) in [5.74, 6) is -2.77. The summed E-state index contributed by atoms with van der Waals surface area (Å²) in [6.07, 6.45) is -0.0244. The topological polar surface area (TPSA) is 133 Å². The summed E-state index contributed by atoms with van der Waals surface area (Å²) in [7, 11) is 1.54. The van der Waals surface area contributed by atoms with Crippen LogP contribution in [0.3, 0.4) is 0 Å². The van der Waals surface area contributed by atoms with E-state index in [1.807, 2.05) is 25.1 Å². The summed E-state index contributed by atoms with van der Waals surface area (Å²) in [6, 6.07) is 11.6. The van der Waals surface area contributed by atoms with Crippen LogP contribution in [0.15, 0.2) is 48.5 Å². The van der Waals surface area contributed by atoms with E-state index in [4.69, 9.17) is 33.0 Å². The summed E-state index contributed by atoms with van der Waals surface area (Å²) in [6.45, 7) is 1.79. The Morgan fingerprint density at radius 3 is 2.08 bits per heavy atom. The minimum Gasteiger partial charge on any atom is -0.496 e. The highest BCUT2D eigenvalue weighted by Crippen LogP contribution is 2.35. The van der Waals surface area contributed by atoms with E-state index in [2.05, 4.69) is 5.32 Å². The van der Waals surface area contributed by atoms with Gasteiger partial charge < -0.3 is 25.4 Å². The normalized spacial score (nSPS) is 11.6. The van der Waals surface area contributed by atoms with E-state index in [0.29, 0.717) is 11.3 Å². The van der Waals surface area contributed by atoms with Crippen LogP contribution in [-0.4, -0.2) is 46.3 Å². The zero-order valence-corrected chi connectivity index (χ0v) is 20.9. The van der Waals surface area contributed by atoms with Crippen LogP contribution in [0.5, 0.6) is 5.75 Å². The van der Waals surface area contributed by atoms with Crippen molar-refractivity contribution in [1.82, 2.24) is 5.32 Å². The fraction of sp³-hybridized carbons (Fsp3) is 0.192. The molecule has 0 fully saturated rings. The van der Waals surface area contributed by atoms with Gasteiger partial charge in [-0.2, -0.15) is 0 Å². The van der Waals surface area contributed by atoms with E-state index < -0.39 is 23.9 Å². The molecule has 0 bridgehead atoms. The predicted molar refractivity (Wildman–Crippen MR) is 135 cm³/mol. The van der Waals surface area contributed by atoms with Crippen molar-refractivity contribution in [2.24, 2.45) is 0 Å². The average molecular weight is 532 g/mol. The van der Waals surface area contributed by atoms with Crippen molar-refractivity contribution in [3.63, 3.8) is 0 Å². The van der Waals surface area contributed by atoms with Crippen molar-refractivity contribution in [2.45, 2.75) is 26.0 Å². The van der Waals surface area contributed by atoms with E-state index in [1.54, 1.807) is 25.3 Å². The van der Waals surface area contributed by atoms with Crippen molar-refractivity contribution >= 4 is 41.0 Å². The van der Waals surface area contributed by atoms with Crippen LogP contribution in [0.1, 0.15) is 37.4 Å². The molecule has 0 spiro atoms. The van der Waals surface area contributed by atoms with Gasteiger partial charge in [0, 0.05) is 12.0 Å². The lowest BCUT2D eigenvalue weighted by molar-refractivity contribution is -0.139. The predicted octanol–water partition coefficient (Wildman–Crippen LogP) is 4.59. The Morgan fingerprint density at radius 2 is 1.58 bits per heavy atom. The molecule has 0 saturated heterocycles. The third-order valence-corrected chi connectivity index (χ3v) is 6.16. The van der Waals surface area contributed by atoms with Crippen LogP contribution in [0.2, 0.25) is 10.0 Å². The van der Waals surface area contributed by atoms with Crippen molar-refractivity contribution < 1.29 is 34.4 Å². The molecule has 0 aliphatic carbocycles. The molecule has 10 heteroatoms. The van der Waals surface area contributed by atoms with Gasteiger partial charge in [0.15, 0.2) is 0 Å². The molecule has 4 N–H and O–H groups in total. The highest BCUT2D eigenvalue weighted by molar-refractivity contribution is 6.40. The number of carboxylic acid groups (broad SMARTS) is 2. The molecule has 0 aliphatic heterocycles. The molecule has 1 amide bonds. The van der Waals surface area contributed by atoms with Gasteiger partial charge in [0.1, 0.15) is 11.8 Å². The number of aromatic carboxylic acids is 1. The quantitative estimate of drug-likeness (QED) is 0.317. The van der Waals surface area contributed by atoms with Crippen LogP contribution >= 0.6 is 23.2 Å². The maximum Gasteiger partial charge on any atom is 0.335 e. The second kappa shape index (κ2) is 11.4. The first-order valence-electron chi connectivity index (χ1n) is 10.7. The Hall–Kier alpha value is -3.59. The Kier molecular flexibility index (Phi) is 8.57. The lowest BCUT2D eigenvalue weighted by Gasteiger charge is -2.17. The van der Waals surface area contributed by atoms with Crippen LogP contribution in [0, 0.1) is 6.92 Å². The fourth-order valence-corrected chi connectivity index (χ4v) is 4.49. The number of halogens is 2. The molecular formula is C26H23Cl2NO7. The minimum absolute atomic E-state index is 0.0244. The van der Waals surface area contributed by atoms with Gasteiger partial charge in [-0.05, 0) is 47.4 Å². The first-order chi connectivity index (χ1) is 17.0. The summed E-state index contributed by atoms with van der Waals surface area (Å²) >= 11 is 12.1. The number of rotatable bonds is 9. The van der Waals surface area contributed by atoms with E-state index in [9.17, 15) is 24.6 Å². The van der Waals surface area contributed by atoms with Crippen molar-refractivity contribution in [1.29, 1.82) is 0 Å².